The van der Waals surface area contributed by atoms with Crippen LogP contribution in [0.25, 0.3) is 11.1 Å². The Balaban J connectivity index is 2.45. The molecule has 2 aromatic carbocycles. The van der Waals surface area contributed by atoms with Crippen LogP contribution in [0.3, 0.4) is 0 Å². The topological polar surface area (TPSA) is 57.5 Å². The summed E-state index contributed by atoms with van der Waals surface area (Å²) in [5, 5.41) is 18.0. The molecule has 0 amide bonds. The van der Waals surface area contributed by atoms with Gasteiger partial charge in [0, 0.05) is 4.47 Å². The summed E-state index contributed by atoms with van der Waals surface area (Å²) in [4.78, 5) is 10.9. The van der Waals surface area contributed by atoms with Crippen LogP contribution in [0.5, 0.6) is 0 Å². The van der Waals surface area contributed by atoms with Crippen molar-refractivity contribution in [2.24, 2.45) is 0 Å². The van der Waals surface area contributed by atoms with Crippen molar-refractivity contribution in [2.75, 3.05) is 0 Å². The van der Waals surface area contributed by atoms with Gasteiger partial charge in [0.25, 0.3) is 0 Å². The molecule has 2 N–H and O–H groups in total. The van der Waals surface area contributed by atoms with Crippen LogP contribution in [0.1, 0.15) is 15.9 Å². The van der Waals surface area contributed by atoms with Gasteiger partial charge in [0.1, 0.15) is 0 Å². The SMILES string of the molecule is O=C(O)c1cccc(-c2ccc(CO)c(Br)c2)c1. The van der Waals surface area contributed by atoms with Gasteiger partial charge in [0.05, 0.1) is 12.2 Å². The predicted octanol–water partition coefficient (Wildman–Crippen LogP) is 3.31. The molecule has 0 unspecified atom stereocenters. The second-order valence-corrected chi connectivity index (χ2v) is 4.70. The number of carbonyl (C=O) groups is 1. The predicted molar refractivity (Wildman–Crippen MR) is 72.5 cm³/mol. The number of rotatable bonds is 3. The minimum absolute atomic E-state index is 0.0317. The molecule has 0 aromatic heterocycles. The maximum absolute atomic E-state index is 10.9. The number of aliphatic hydroxyl groups excluding tert-OH is 1. The number of carboxylic acid groups (broad SMARTS) is 1. The van der Waals surface area contributed by atoms with Gasteiger partial charge in [-0.05, 0) is 34.9 Å². The van der Waals surface area contributed by atoms with Gasteiger partial charge in [-0.2, -0.15) is 0 Å². The third-order valence-electron chi connectivity index (χ3n) is 2.67. The normalized spacial score (nSPS) is 10.3. The van der Waals surface area contributed by atoms with Crippen LogP contribution in [-0.2, 0) is 6.61 Å². The molecule has 0 aliphatic heterocycles. The average molecular weight is 307 g/mol. The molecular weight excluding hydrogens is 296 g/mol. The van der Waals surface area contributed by atoms with Crippen LogP contribution in [0, 0.1) is 0 Å². The van der Waals surface area contributed by atoms with Gasteiger partial charge in [-0.25, -0.2) is 4.79 Å². The first-order valence-electron chi connectivity index (χ1n) is 5.35. The summed E-state index contributed by atoms with van der Waals surface area (Å²) < 4.78 is 0.809. The van der Waals surface area contributed by atoms with Crippen LogP contribution < -0.4 is 0 Å². The van der Waals surface area contributed by atoms with Crippen molar-refractivity contribution in [1.82, 2.24) is 0 Å². The van der Waals surface area contributed by atoms with Crippen LogP contribution in [0.4, 0.5) is 0 Å². The molecule has 0 atom stereocenters. The van der Waals surface area contributed by atoms with E-state index in [0.29, 0.717) is 0 Å². The summed E-state index contributed by atoms with van der Waals surface area (Å²) in [6.45, 7) is -0.0317. The largest absolute Gasteiger partial charge is 0.478 e. The van der Waals surface area contributed by atoms with E-state index in [9.17, 15) is 4.79 Å². The number of aliphatic hydroxyl groups is 1. The Bertz CT molecular complexity index is 593. The Hall–Kier alpha value is -1.65. The lowest BCUT2D eigenvalue weighted by molar-refractivity contribution is 0.0697. The summed E-state index contributed by atoms with van der Waals surface area (Å²) in [5.74, 6) is -0.942. The van der Waals surface area contributed by atoms with E-state index in [-0.39, 0.29) is 12.2 Å². The van der Waals surface area contributed by atoms with Crippen LogP contribution >= 0.6 is 15.9 Å². The zero-order chi connectivity index (χ0) is 13.1. The van der Waals surface area contributed by atoms with E-state index >= 15 is 0 Å². The molecule has 0 aliphatic carbocycles. The third kappa shape index (κ3) is 2.60. The monoisotopic (exact) mass is 306 g/mol. The lowest BCUT2D eigenvalue weighted by Gasteiger charge is -2.06. The molecule has 2 rings (SSSR count). The van der Waals surface area contributed by atoms with Crippen molar-refractivity contribution < 1.29 is 15.0 Å². The summed E-state index contributed by atoms with van der Waals surface area (Å²) in [7, 11) is 0. The molecule has 2 aromatic rings. The smallest absolute Gasteiger partial charge is 0.335 e. The Labute approximate surface area is 113 Å². The second-order valence-electron chi connectivity index (χ2n) is 3.85. The molecule has 3 nitrogen and oxygen atoms in total. The van der Waals surface area contributed by atoms with E-state index in [4.69, 9.17) is 10.2 Å². The van der Waals surface area contributed by atoms with Gasteiger partial charge in [0.2, 0.25) is 0 Å². The van der Waals surface area contributed by atoms with Crippen molar-refractivity contribution in [3.63, 3.8) is 0 Å². The summed E-state index contributed by atoms with van der Waals surface area (Å²) >= 11 is 3.38. The van der Waals surface area contributed by atoms with Gasteiger partial charge in [0.15, 0.2) is 0 Å². The molecule has 4 heteroatoms. The molecule has 0 bridgehead atoms. The first-order valence-corrected chi connectivity index (χ1v) is 6.14. The summed E-state index contributed by atoms with van der Waals surface area (Å²) in [6, 6.07) is 12.3. The van der Waals surface area contributed by atoms with Gasteiger partial charge < -0.3 is 10.2 Å². The molecular formula is C14H11BrO3. The van der Waals surface area contributed by atoms with E-state index in [0.717, 1.165) is 21.2 Å². The highest BCUT2D eigenvalue weighted by Gasteiger charge is 2.06. The number of benzene rings is 2. The lowest BCUT2D eigenvalue weighted by Crippen LogP contribution is -1.95. The number of hydrogen-bond donors (Lipinski definition) is 2. The van der Waals surface area contributed by atoms with E-state index < -0.39 is 5.97 Å². The van der Waals surface area contributed by atoms with E-state index in [1.807, 2.05) is 24.3 Å². The highest BCUT2D eigenvalue weighted by molar-refractivity contribution is 9.10. The maximum atomic E-state index is 10.9. The number of halogens is 1. The first-order chi connectivity index (χ1) is 8.61. The molecule has 0 fully saturated rings. The van der Waals surface area contributed by atoms with E-state index in [1.54, 1.807) is 18.2 Å². The highest BCUT2D eigenvalue weighted by Crippen LogP contribution is 2.26. The van der Waals surface area contributed by atoms with Gasteiger partial charge >= 0.3 is 5.97 Å². The Morgan fingerprint density at radius 2 is 1.83 bits per heavy atom. The third-order valence-corrected chi connectivity index (χ3v) is 3.40. The van der Waals surface area contributed by atoms with Crippen LogP contribution in [0.2, 0.25) is 0 Å². The van der Waals surface area contributed by atoms with Crippen molar-refractivity contribution in [1.29, 1.82) is 0 Å². The number of hydrogen-bond acceptors (Lipinski definition) is 2. The van der Waals surface area contributed by atoms with Crippen LogP contribution in [0.15, 0.2) is 46.9 Å². The van der Waals surface area contributed by atoms with Gasteiger partial charge in [-0.3, -0.25) is 0 Å². The van der Waals surface area contributed by atoms with Crippen molar-refractivity contribution in [3.8, 4) is 11.1 Å². The van der Waals surface area contributed by atoms with Crippen LogP contribution in [-0.4, -0.2) is 16.2 Å². The zero-order valence-electron chi connectivity index (χ0n) is 9.43. The van der Waals surface area contributed by atoms with Gasteiger partial charge in [-0.15, -0.1) is 0 Å². The van der Waals surface area contributed by atoms with E-state index in [2.05, 4.69) is 15.9 Å². The fourth-order valence-corrected chi connectivity index (χ4v) is 2.19. The maximum Gasteiger partial charge on any atom is 0.335 e. The van der Waals surface area contributed by atoms with Gasteiger partial charge in [-0.1, -0.05) is 40.2 Å². The average Bonchev–Trinajstić information content (AvgIpc) is 2.38. The molecule has 0 saturated carbocycles. The molecule has 0 radical (unpaired) electrons. The molecule has 0 saturated heterocycles. The molecule has 18 heavy (non-hydrogen) atoms. The van der Waals surface area contributed by atoms with E-state index in [1.165, 1.54) is 0 Å². The minimum atomic E-state index is -0.942. The molecule has 0 aliphatic rings. The minimum Gasteiger partial charge on any atom is -0.478 e. The molecule has 0 heterocycles. The number of aromatic carboxylic acids is 1. The quantitative estimate of drug-likeness (QED) is 0.914. The summed E-state index contributed by atoms with van der Waals surface area (Å²) in [5.41, 5.74) is 2.80. The Morgan fingerprint density at radius 3 is 2.44 bits per heavy atom. The molecule has 92 valence electrons. The zero-order valence-corrected chi connectivity index (χ0v) is 11.0. The Kier molecular flexibility index (Phi) is 3.79. The molecule has 0 spiro atoms. The van der Waals surface area contributed by atoms with Crippen molar-refractivity contribution in [2.45, 2.75) is 6.61 Å². The Morgan fingerprint density at radius 1 is 1.11 bits per heavy atom. The standard InChI is InChI=1S/C14H11BrO3/c15-13-7-10(4-5-12(13)8-16)9-2-1-3-11(6-9)14(17)18/h1-7,16H,8H2,(H,17,18). The fraction of sp³-hybridized carbons (Fsp3) is 0.0714. The summed E-state index contributed by atoms with van der Waals surface area (Å²) in [6.07, 6.45) is 0. The van der Waals surface area contributed by atoms with Crippen molar-refractivity contribution >= 4 is 21.9 Å². The first kappa shape index (κ1) is 12.8. The number of carboxylic acids is 1. The lowest BCUT2D eigenvalue weighted by atomic mass is 10.0. The highest BCUT2D eigenvalue weighted by atomic mass is 79.9. The second kappa shape index (κ2) is 5.33. The van der Waals surface area contributed by atoms with Crippen molar-refractivity contribution in [3.05, 3.63) is 58.1 Å². The fourth-order valence-electron chi connectivity index (χ4n) is 1.69.